The molecule has 2 N–H and O–H groups in total. The fraction of sp³-hybridized carbons (Fsp3) is 0.0690. The SMILES string of the molecule is CC1(C)c2cc(-c3cc(CN=C(N=C(N)c4ccccc4)c4ccccc4)cc(-c4ccc(-c5ccnc6c5ccc5cccnc56)cc4)c3)ccc2-c2c1ccc1ccccc21. The van der Waals surface area contributed by atoms with Crippen LogP contribution in [0.15, 0.2) is 210 Å². The minimum absolute atomic E-state index is 0.161. The van der Waals surface area contributed by atoms with Crippen molar-refractivity contribution in [3.63, 3.8) is 0 Å². The van der Waals surface area contributed by atoms with Gasteiger partial charge in [0.15, 0.2) is 5.84 Å². The molecule has 300 valence electrons. The Balaban J connectivity index is 1.02. The first kappa shape index (κ1) is 37.9. The molecule has 0 saturated heterocycles. The molecule has 0 atom stereocenters. The highest BCUT2D eigenvalue weighted by Gasteiger charge is 2.36. The summed E-state index contributed by atoms with van der Waals surface area (Å²) in [5, 5.41) is 4.73. The third-order valence-corrected chi connectivity index (χ3v) is 12.6. The third kappa shape index (κ3) is 6.84. The maximum absolute atomic E-state index is 6.60. The van der Waals surface area contributed by atoms with Gasteiger partial charge >= 0.3 is 0 Å². The molecule has 5 nitrogen and oxygen atoms in total. The first-order chi connectivity index (χ1) is 30.9. The van der Waals surface area contributed by atoms with Crippen LogP contribution in [0, 0.1) is 0 Å². The van der Waals surface area contributed by atoms with Gasteiger partial charge in [-0.3, -0.25) is 15.0 Å². The predicted octanol–water partition coefficient (Wildman–Crippen LogP) is 13.6. The van der Waals surface area contributed by atoms with Gasteiger partial charge < -0.3 is 5.73 Å². The van der Waals surface area contributed by atoms with Crippen LogP contribution in [0.1, 0.15) is 41.7 Å². The molecule has 0 bridgehead atoms. The van der Waals surface area contributed by atoms with Crippen molar-refractivity contribution in [1.82, 2.24) is 9.97 Å². The Hall–Kier alpha value is -8.02. The Morgan fingerprint density at radius 3 is 1.97 bits per heavy atom. The summed E-state index contributed by atoms with van der Waals surface area (Å²) in [6.07, 6.45) is 3.72. The van der Waals surface area contributed by atoms with Crippen molar-refractivity contribution in [1.29, 1.82) is 0 Å². The monoisotopic (exact) mass is 809 g/mol. The van der Waals surface area contributed by atoms with E-state index < -0.39 is 0 Å². The van der Waals surface area contributed by atoms with E-state index in [-0.39, 0.29) is 5.41 Å². The average Bonchev–Trinajstić information content (AvgIpc) is 3.58. The summed E-state index contributed by atoms with van der Waals surface area (Å²) in [4.78, 5) is 19.5. The topological polar surface area (TPSA) is 76.5 Å². The van der Waals surface area contributed by atoms with Crippen molar-refractivity contribution in [2.45, 2.75) is 25.8 Å². The Labute approximate surface area is 367 Å². The van der Waals surface area contributed by atoms with Gasteiger partial charge in [-0.25, -0.2) is 4.99 Å². The van der Waals surface area contributed by atoms with E-state index in [2.05, 4.69) is 140 Å². The van der Waals surface area contributed by atoms with Crippen LogP contribution in [-0.4, -0.2) is 21.6 Å². The van der Waals surface area contributed by atoms with Crippen LogP contribution in [0.5, 0.6) is 0 Å². The van der Waals surface area contributed by atoms with Crippen LogP contribution in [0.25, 0.3) is 77.1 Å². The van der Waals surface area contributed by atoms with E-state index in [0.29, 0.717) is 18.2 Å². The average molecular weight is 810 g/mol. The van der Waals surface area contributed by atoms with Crippen molar-refractivity contribution in [2.24, 2.45) is 15.7 Å². The van der Waals surface area contributed by atoms with Gasteiger partial charge in [0.1, 0.15) is 5.84 Å². The Bertz CT molecular complexity index is 3440. The number of pyridine rings is 2. The molecule has 2 aromatic heterocycles. The molecule has 8 aromatic carbocycles. The van der Waals surface area contributed by atoms with Crippen LogP contribution in [-0.2, 0) is 12.0 Å². The zero-order valence-corrected chi connectivity index (χ0v) is 35.1. The number of aromatic nitrogens is 2. The largest absolute Gasteiger partial charge is 0.383 e. The lowest BCUT2D eigenvalue weighted by Gasteiger charge is -2.22. The standard InChI is InChI=1S/C58H43N5/c1-58(2)51-28-25-39-12-9-10-18-48(39)53(51)50-27-24-44(35-52(50)58)46-33-37(36-62-57(43-15-7-4-8-16-43)63-56(59)42-13-5-3-6-14-42)32-45(34-46)38-19-21-40(22-20-38)47-29-31-61-55-49(47)26-23-41-17-11-30-60-54(41)55/h3-35H,36H2,1-2H3,(H2,59,62,63). The number of amidine groups is 2. The summed E-state index contributed by atoms with van der Waals surface area (Å²) >= 11 is 0. The number of hydrogen-bond acceptors (Lipinski definition) is 3. The number of benzene rings is 8. The molecule has 1 aliphatic carbocycles. The van der Waals surface area contributed by atoms with E-state index in [1.54, 1.807) is 0 Å². The van der Waals surface area contributed by atoms with Crippen LogP contribution in [0.3, 0.4) is 0 Å². The predicted molar refractivity (Wildman–Crippen MR) is 262 cm³/mol. The zero-order chi connectivity index (χ0) is 42.5. The molecule has 0 fully saturated rings. The molecule has 5 heteroatoms. The van der Waals surface area contributed by atoms with Crippen LogP contribution in [0.2, 0.25) is 0 Å². The highest BCUT2D eigenvalue weighted by molar-refractivity contribution is 6.11. The molecule has 11 rings (SSSR count). The minimum Gasteiger partial charge on any atom is -0.383 e. The van der Waals surface area contributed by atoms with Gasteiger partial charge in [-0.05, 0) is 108 Å². The quantitative estimate of drug-likeness (QED) is 0.0989. The van der Waals surface area contributed by atoms with Gasteiger partial charge in [0, 0.05) is 39.7 Å². The van der Waals surface area contributed by atoms with E-state index in [0.717, 1.165) is 66.3 Å². The summed E-state index contributed by atoms with van der Waals surface area (Å²) < 4.78 is 0. The van der Waals surface area contributed by atoms with E-state index in [1.807, 2.05) is 79.1 Å². The van der Waals surface area contributed by atoms with Crippen molar-refractivity contribution >= 4 is 44.2 Å². The lowest BCUT2D eigenvalue weighted by Crippen LogP contribution is -2.16. The second-order valence-corrected chi connectivity index (χ2v) is 16.9. The number of hydrogen-bond donors (Lipinski definition) is 1. The molecule has 0 amide bonds. The molecular formula is C58H43N5. The molecule has 0 unspecified atom stereocenters. The highest BCUT2D eigenvalue weighted by Crippen LogP contribution is 2.52. The number of nitrogens with two attached hydrogens (primary N) is 1. The first-order valence-electron chi connectivity index (χ1n) is 21.4. The number of nitrogens with zero attached hydrogens (tertiary/aromatic N) is 4. The first-order valence-corrected chi connectivity index (χ1v) is 21.4. The normalized spacial score (nSPS) is 13.4. The summed E-state index contributed by atoms with van der Waals surface area (Å²) in [6, 6.07) is 66.4. The molecule has 0 spiro atoms. The maximum Gasteiger partial charge on any atom is 0.157 e. The molecule has 0 saturated carbocycles. The number of aliphatic imine (C=N–C) groups is 2. The van der Waals surface area contributed by atoms with E-state index in [9.17, 15) is 0 Å². The highest BCUT2D eigenvalue weighted by atomic mass is 15.0. The Morgan fingerprint density at radius 2 is 1.16 bits per heavy atom. The zero-order valence-electron chi connectivity index (χ0n) is 35.1. The molecular weight excluding hydrogens is 767 g/mol. The smallest absolute Gasteiger partial charge is 0.157 e. The summed E-state index contributed by atoms with van der Waals surface area (Å²) in [7, 11) is 0. The van der Waals surface area contributed by atoms with E-state index >= 15 is 0 Å². The molecule has 0 aliphatic heterocycles. The Morgan fingerprint density at radius 1 is 0.492 bits per heavy atom. The fourth-order valence-electron chi connectivity index (χ4n) is 9.38. The van der Waals surface area contributed by atoms with Gasteiger partial charge in [-0.1, -0.05) is 166 Å². The lowest BCUT2D eigenvalue weighted by molar-refractivity contribution is 0.661. The van der Waals surface area contributed by atoms with Crippen LogP contribution in [0.4, 0.5) is 0 Å². The lowest BCUT2D eigenvalue weighted by atomic mass is 9.81. The third-order valence-electron chi connectivity index (χ3n) is 12.6. The molecule has 1 aliphatic rings. The van der Waals surface area contributed by atoms with Gasteiger partial charge in [-0.15, -0.1) is 0 Å². The van der Waals surface area contributed by atoms with Crippen LogP contribution >= 0.6 is 0 Å². The van der Waals surface area contributed by atoms with Crippen LogP contribution < -0.4 is 5.73 Å². The van der Waals surface area contributed by atoms with Crippen molar-refractivity contribution < 1.29 is 0 Å². The molecule has 10 aromatic rings. The van der Waals surface area contributed by atoms with Gasteiger partial charge in [0.2, 0.25) is 0 Å². The van der Waals surface area contributed by atoms with Gasteiger partial charge in [0.25, 0.3) is 0 Å². The van der Waals surface area contributed by atoms with E-state index in [1.165, 1.54) is 38.6 Å². The minimum atomic E-state index is -0.161. The number of fused-ring (bicyclic) bond motifs is 8. The van der Waals surface area contributed by atoms with Gasteiger partial charge in [-0.2, -0.15) is 0 Å². The van der Waals surface area contributed by atoms with Crippen molar-refractivity contribution in [3.8, 4) is 44.5 Å². The number of rotatable bonds is 7. The molecule has 2 heterocycles. The van der Waals surface area contributed by atoms with Crippen molar-refractivity contribution in [2.75, 3.05) is 0 Å². The van der Waals surface area contributed by atoms with Gasteiger partial charge in [0.05, 0.1) is 17.6 Å². The van der Waals surface area contributed by atoms with Crippen molar-refractivity contribution in [3.05, 3.63) is 228 Å². The second kappa shape index (κ2) is 15.5. The maximum atomic E-state index is 6.60. The molecule has 0 radical (unpaired) electrons. The Kier molecular flexibility index (Phi) is 9.31. The molecule has 63 heavy (non-hydrogen) atoms. The summed E-state index contributed by atoms with van der Waals surface area (Å²) in [5.41, 5.74) is 23.2. The summed E-state index contributed by atoms with van der Waals surface area (Å²) in [6.45, 7) is 5.12. The second-order valence-electron chi connectivity index (χ2n) is 16.9. The fourth-order valence-corrected chi connectivity index (χ4v) is 9.38. The summed E-state index contributed by atoms with van der Waals surface area (Å²) in [5.74, 6) is 1.01. The van der Waals surface area contributed by atoms with E-state index in [4.69, 9.17) is 20.7 Å².